The summed E-state index contributed by atoms with van der Waals surface area (Å²) in [4.78, 5) is 0. The first-order valence-corrected chi connectivity index (χ1v) is 4.90. The zero-order valence-corrected chi connectivity index (χ0v) is 7.82. The molecule has 1 nitrogen and oxygen atoms in total. The zero-order chi connectivity index (χ0) is 10.9. The van der Waals surface area contributed by atoms with Crippen LogP contribution in [-0.2, 0) is 0 Å². The van der Waals surface area contributed by atoms with Gasteiger partial charge in [0.25, 0.3) is 0 Å². The van der Waals surface area contributed by atoms with Crippen molar-refractivity contribution < 1.29 is 30.9 Å². The van der Waals surface area contributed by atoms with Crippen LogP contribution in [0.4, 0.5) is 25.2 Å². The van der Waals surface area contributed by atoms with Gasteiger partial charge in [-0.2, -0.15) is 0 Å². The molecule has 0 aliphatic carbocycles. The van der Waals surface area contributed by atoms with Crippen molar-refractivity contribution in [3.63, 3.8) is 0 Å². The summed E-state index contributed by atoms with van der Waals surface area (Å²) in [5, 5.41) is 0. The van der Waals surface area contributed by atoms with E-state index in [2.05, 4.69) is 26.5 Å². The molecule has 0 atom stereocenters. The molecule has 12 heavy (non-hydrogen) atoms. The number of halogens is 6. The molecule has 3 N–H and O–H groups in total. The van der Waals surface area contributed by atoms with Crippen LogP contribution in [0.3, 0.4) is 0 Å². The summed E-state index contributed by atoms with van der Waals surface area (Å²) in [6.45, 7) is 6.23. The topological polar surface area (TPSA) is 27.6 Å². The second kappa shape index (κ2) is 2.48. The van der Waals surface area contributed by atoms with E-state index >= 15 is 0 Å². The second-order valence-corrected chi connectivity index (χ2v) is 5.44. The van der Waals surface area contributed by atoms with Crippen LogP contribution in [0.2, 0.25) is 0 Å². The van der Waals surface area contributed by atoms with Gasteiger partial charge in [0.2, 0.25) is 0 Å². The van der Waals surface area contributed by atoms with Crippen molar-refractivity contribution in [2.45, 2.75) is 26.3 Å². The number of hydrogen-bond donors (Lipinski definition) is 1. The standard InChI is InChI=1S/C4H11N.F6P/c1-4(2,3)5;1-7(2,3,4,5)6/h5H2,1-3H3;/q;-1/p+1. The van der Waals surface area contributed by atoms with Crippen molar-refractivity contribution in [3.05, 3.63) is 0 Å². The monoisotopic (exact) mass is 219 g/mol. The molecular weight excluding hydrogens is 207 g/mol. The fourth-order valence-electron chi connectivity index (χ4n) is 0. The normalized spacial score (nSPS) is 18.5. The molecule has 0 amide bonds. The van der Waals surface area contributed by atoms with Gasteiger partial charge in [0.15, 0.2) is 0 Å². The third-order valence-corrected chi connectivity index (χ3v) is 0. The van der Waals surface area contributed by atoms with Crippen LogP contribution in [0, 0.1) is 0 Å². The molecule has 0 aromatic heterocycles. The summed E-state index contributed by atoms with van der Waals surface area (Å²) in [7, 11) is -10.7. The zero-order valence-electron chi connectivity index (χ0n) is 6.92. The Bertz CT molecular complexity index is 130. The molecule has 0 aliphatic heterocycles. The van der Waals surface area contributed by atoms with Crippen molar-refractivity contribution in [2.75, 3.05) is 0 Å². The van der Waals surface area contributed by atoms with Crippen LogP contribution in [0.1, 0.15) is 20.8 Å². The number of rotatable bonds is 0. The van der Waals surface area contributed by atoms with E-state index < -0.39 is 7.81 Å². The van der Waals surface area contributed by atoms with Crippen LogP contribution < -0.4 is 5.73 Å². The SMILES string of the molecule is CC(C)(C)[NH3+].F[P-](F)(F)(F)(F)F. The van der Waals surface area contributed by atoms with Gasteiger partial charge >= 0.3 is 33.0 Å². The fourth-order valence-corrected chi connectivity index (χ4v) is 0. The van der Waals surface area contributed by atoms with E-state index in [1.807, 2.05) is 0 Å². The first kappa shape index (κ1) is 14.5. The van der Waals surface area contributed by atoms with Gasteiger partial charge < -0.3 is 5.73 Å². The molecule has 80 valence electrons. The van der Waals surface area contributed by atoms with Crippen molar-refractivity contribution in [1.82, 2.24) is 0 Å². The van der Waals surface area contributed by atoms with Crippen LogP contribution >= 0.6 is 7.81 Å². The Morgan fingerprint density at radius 2 is 0.833 bits per heavy atom. The van der Waals surface area contributed by atoms with Crippen molar-refractivity contribution in [1.29, 1.82) is 0 Å². The Morgan fingerprint density at radius 3 is 0.833 bits per heavy atom. The van der Waals surface area contributed by atoms with Crippen LogP contribution in [-0.4, -0.2) is 5.54 Å². The van der Waals surface area contributed by atoms with Gasteiger partial charge in [0, 0.05) is 0 Å². The summed E-state index contributed by atoms with van der Waals surface area (Å²) < 4.78 is 59.2. The molecule has 0 aliphatic rings. The molecule has 0 bridgehead atoms. The summed E-state index contributed by atoms with van der Waals surface area (Å²) >= 11 is 0. The molecular formula is C4H12F6NP. The third kappa shape index (κ3) is 891000. The minimum atomic E-state index is -10.7. The predicted molar refractivity (Wildman–Crippen MR) is 36.2 cm³/mol. The predicted octanol–water partition coefficient (Wildman–Crippen LogP) is 3.41. The van der Waals surface area contributed by atoms with Gasteiger partial charge in [0.05, 0.1) is 5.54 Å². The van der Waals surface area contributed by atoms with E-state index in [1.54, 1.807) is 0 Å². The van der Waals surface area contributed by atoms with E-state index in [9.17, 15) is 25.2 Å². The summed E-state index contributed by atoms with van der Waals surface area (Å²) in [5.74, 6) is 0. The molecule has 0 spiro atoms. The third-order valence-electron chi connectivity index (χ3n) is 0. The maximum atomic E-state index is 9.87. The summed E-state index contributed by atoms with van der Waals surface area (Å²) in [6, 6.07) is 0. The molecule has 8 heteroatoms. The molecule has 0 heterocycles. The maximum absolute atomic E-state index is 10.7. The van der Waals surface area contributed by atoms with Crippen molar-refractivity contribution >= 4 is 7.81 Å². The molecule has 0 saturated carbocycles. The quantitative estimate of drug-likeness (QED) is 0.477. The molecule has 0 unspecified atom stereocenters. The second-order valence-electron chi connectivity index (χ2n) is 3.52. The van der Waals surface area contributed by atoms with Gasteiger partial charge in [0.1, 0.15) is 0 Å². The van der Waals surface area contributed by atoms with Gasteiger partial charge in [-0.25, -0.2) is 0 Å². The van der Waals surface area contributed by atoms with E-state index in [0.29, 0.717) is 0 Å². The van der Waals surface area contributed by atoms with Gasteiger partial charge in [-0.3, -0.25) is 0 Å². The average molecular weight is 219 g/mol. The van der Waals surface area contributed by atoms with Crippen LogP contribution in [0.15, 0.2) is 0 Å². The fraction of sp³-hybridized carbons (Fsp3) is 1.00. The van der Waals surface area contributed by atoms with Crippen LogP contribution in [0.5, 0.6) is 0 Å². The summed E-state index contributed by atoms with van der Waals surface area (Å²) in [5.41, 5.74) is 4.02. The Balaban J connectivity index is 0. The first-order chi connectivity index (χ1) is 4.45. The Morgan fingerprint density at radius 1 is 0.833 bits per heavy atom. The van der Waals surface area contributed by atoms with Crippen molar-refractivity contribution in [2.24, 2.45) is 0 Å². The van der Waals surface area contributed by atoms with Crippen LogP contribution in [0.25, 0.3) is 0 Å². The molecule has 0 aromatic rings. The van der Waals surface area contributed by atoms with Gasteiger partial charge in [-0.15, -0.1) is 0 Å². The Labute approximate surface area is 66.2 Å². The van der Waals surface area contributed by atoms with Crippen molar-refractivity contribution in [3.8, 4) is 0 Å². The molecule has 0 radical (unpaired) electrons. The van der Waals surface area contributed by atoms with E-state index in [4.69, 9.17) is 0 Å². The summed E-state index contributed by atoms with van der Waals surface area (Å²) in [6.07, 6.45) is 0. The first-order valence-electron chi connectivity index (χ1n) is 2.87. The number of hydrogen-bond acceptors (Lipinski definition) is 0. The minimum absolute atomic E-state index is 0.250. The van der Waals surface area contributed by atoms with E-state index in [1.165, 1.54) is 0 Å². The molecule has 0 saturated heterocycles. The van der Waals surface area contributed by atoms with E-state index in [-0.39, 0.29) is 5.54 Å². The average Bonchev–Trinajstić information content (AvgIpc) is 1.04. The molecule has 0 aromatic carbocycles. The molecule has 0 rings (SSSR count). The molecule has 0 fully saturated rings. The number of quaternary nitrogens is 1. The Kier molecular flexibility index (Phi) is 2.99. The van der Waals surface area contributed by atoms with E-state index in [0.717, 1.165) is 0 Å². The van der Waals surface area contributed by atoms with Gasteiger partial charge in [-0.1, -0.05) is 0 Å². The Hall–Kier alpha value is -0.0300. The van der Waals surface area contributed by atoms with Gasteiger partial charge in [-0.05, 0) is 20.8 Å².